The maximum absolute atomic E-state index is 12.8. The number of para-hydroxylation sites is 2. The first-order valence-electron chi connectivity index (χ1n) is 8.97. The fraction of sp³-hybridized carbons (Fsp3) is 0.200. The Morgan fingerprint density at radius 2 is 1.76 bits per heavy atom. The van der Waals surface area contributed by atoms with Gasteiger partial charge in [0.2, 0.25) is 5.95 Å². The van der Waals surface area contributed by atoms with Crippen LogP contribution in [0.3, 0.4) is 0 Å². The first kappa shape index (κ1) is 18.9. The highest BCUT2D eigenvalue weighted by Crippen LogP contribution is 2.39. The monoisotopic (exact) mass is 400 g/mol. The lowest BCUT2D eigenvalue weighted by Gasteiger charge is -2.23. The van der Waals surface area contributed by atoms with E-state index in [1.54, 1.807) is 6.92 Å². The standard InChI is InChI=1S/C20H19F3N6/c1-11-17(24)27-19(29-12(2)25-15-5-3-4-6-16(15)29)28-18(11)26-14-9-7-13(8-10-14)20(21,22)23/h3-10,12,25H,1-2H3,(H3,24,26,27,28). The van der Waals surface area contributed by atoms with Gasteiger partial charge in [-0.25, -0.2) is 0 Å². The Bertz CT molecular complexity index is 1050. The molecule has 2 aromatic carbocycles. The van der Waals surface area contributed by atoms with E-state index >= 15 is 0 Å². The van der Waals surface area contributed by atoms with Gasteiger partial charge in [-0.15, -0.1) is 0 Å². The Hall–Kier alpha value is -3.49. The summed E-state index contributed by atoms with van der Waals surface area (Å²) in [7, 11) is 0. The Balaban J connectivity index is 1.68. The van der Waals surface area contributed by atoms with E-state index in [9.17, 15) is 13.2 Å². The number of hydrogen-bond acceptors (Lipinski definition) is 6. The molecule has 4 rings (SSSR count). The quantitative estimate of drug-likeness (QED) is 0.572. The van der Waals surface area contributed by atoms with Gasteiger partial charge in [0.25, 0.3) is 0 Å². The summed E-state index contributed by atoms with van der Waals surface area (Å²) in [6.45, 7) is 3.73. The van der Waals surface area contributed by atoms with E-state index in [1.165, 1.54) is 12.1 Å². The number of halogens is 3. The third kappa shape index (κ3) is 3.51. The van der Waals surface area contributed by atoms with Gasteiger partial charge < -0.3 is 16.4 Å². The van der Waals surface area contributed by atoms with Crippen molar-refractivity contribution in [3.63, 3.8) is 0 Å². The number of aromatic nitrogens is 2. The number of alkyl halides is 3. The van der Waals surface area contributed by atoms with Crippen LogP contribution in [-0.4, -0.2) is 16.1 Å². The number of hydrogen-bond donors (Lipinski definition) is 3. The van der Waals surface area contributed by atoms with Crippen LogP contribution in [0.15, 0.2) is 48.5 Å². The molecule has 0 spiro atoms. The highest BCUT2D eigenvalue weighted by molar-refractivity contribution is 5.81. The number of nitrogens with one attached hydrogen (secondary N) is 2. The van der Waals surface area contributed by atoms with E-state index in [4.69, 9.17) is 5.73 Å². The number of nitrogen functional groups attached to an aromatic ring is 1. The average molecular weight is 400 g/mol. The minimum atomic E-state index is -4.38. The molecule has 2 heterocycles. The van der Waals surface area contributed by atoms with Gasteiger partial charge in [-0.05, 0) is 50.2 Å². The smallest absolute Gasteiger partial charge is 0.383 e. The molecule has 29 heavy (non-hydrogen) atoms. The molecule has 1 atom stereocenters. The Morgan fingerprint density at radius 3 is 2.45 bits per heavy atom. The Morgan fingerprint density at radius 1 is 1.07 bits per heavy atom. The van der Waals surface area contributed by atoms with Crippen LogP contribution in [0.4, 0.5) is 47.8 Å². The summed E-state index contributed by atoms with van der Waals surface area (Å²) in [6, 6.07) is 12.5. The van der Waals surface area contributed by atoms with Crippen molar-refractivity contribution in [1.82, 2.24) is 9.97 Å². The van der Waals surface area contributed by atoms with Gasteiger partial charge in [-0.2, -0.15) is 23.1 Å². The second-order valence-electron chi connectivity index (χ2n) is 6.79. The zero-order valence-corrected chi connectivity index (χ0v) is 15.7. The number of rotatable bonds is 3. The first-order chi connectivity index (χ1) is 13.7. The van der Waals surface area contributed by atoms with E-state index in [0.717, 1.165) is 23.5 Å². The summed E-state index contributed by atoms with van der Waals surface area (Å²) in [6.07, 6.45) is -4.47. The van der Waals surface area contributed by atoms with E-state index in [0.29, 0.717) is 28.8 Å². The van der Waals surface area contributed by atoms with Crippen molar-refractivity contribution < 1.29 is 13.2 Å². The lowest BCUT2D eigenvalue weighted by molar-refractivity contribution is -0.137. The van der Waals surface area contributed by atoms with Crippen molar-refractivity contribution in [3.05, 3.63) is 59.7 Å². The largest absolute Gasteiger partial charge is 0.416 e. The molecular formula is C20H19F3N6. The van der Waals surface area contributed by atoms with Crippen LogP contribution in [0.2, 0.25) is 0 Å². The number of fused-ring (bicyclic) bond motifs is 1. The topological polar surface area (TPSA) is 79.1 Å². The zero-order chi connectivity index (χ0) is 20.8. The lowest BCUT2D eigenvalue weighted by atomic mass is 10.2. The van der Waals surface area contributed by atoms with Crippen LogP contribution in [0.1, 0.15) is 18.1 Å². The minimum absolute atomic E-state index is 0.0894. The molecule has 1 unspecified atom stereocenters. The molecule has 3 aromatic rings. The van der Waals surface area contributed by atoms with Gasteiger partial charge >= 0.3 is 6.18 Å². The van der Waals surface area contributed by atoms with Crippen LogP contribution in [0.25, 0.3) is 0 Å². The van der Waals surface area contributed by atoms with E-state index in [-0.39, 0.29) is 6.17 Å². The number of anilines is 6. The molecule has 9 heteroatoms. The van der Waals surface area contributed by atoms with E-state index < -0.39 is 11.7 Å². The molecule has 0 aliphatic carbocycles. The summed E-state index contributed by atoms with van der Waals surface area (Å²) in [5, 5.41) is 6.40. The normalized spacial score (nSPS) is 15.8. The first-order valence-corrected chi connectivity index (χ1v) is 8.97. The van der Waals surface area contributed by atoms with Crippen molar-refractivity contribution in [2.24, 2.45) is 0 Å². The fourth-order valence-electron chi connectivity index (χ4n) is 3.22. The van der Waals surface area contributed by atoms with Gasteiger partial charge in [0.15, 0.2) is 0 Å². The van der Waals surface area contributed by atoms with E-state index in [2.05, 4.69) is 20.6 Å². The number of nitrogens with two attached hydrogens (primary N) is 1. The maximum atomic E-state index is 12.8. The van der Waals surface area contributed by atoms with Crippen molar-refractivity contribution in [2.45, 2.75) is 26.2 Å². The molecule has 1 aromatic heterocycles. The SMILES string of the molecule is Cc1c(N)nc(N2c3ccccc3NC2C)nc1Nc1ccc(C(F)(F)F)cc1. The van der Waals surface area contributed by atoms with Crippen molar-refractivity contribution in [3.8, 4) is 0 Å². The van der Waals surface area contributed by atoms with Crippen molar-refractivity contribution >= 4 is 34.6 Å². The van der Waals surface area contributed by atoms with Gasteiger partial charge in [0, 0.05) is 11.3 Å². The van der Waals surface area contributed by atoms with Crippen LogP contribution >= 0.6 is 0 Å². The highest BCUT2D eigenvalue weighted by Gasteiger charge is 2.31. The van der Waals surface area contributed by atoms with Crippen molar-refractivity contribution in [1.29, 1.82) is 0 Å². The maximum Gasteiger partial charge on any atom is 0.416 e. The average Bonchev–Trinajstić information content (AvgIpc) is 3.00. The Labute approximate surface area is 165 Å². The third-order valence-electron chi connectivity index (χ3n) is 4.78. The van der Waals surface area contributed by atoms with Crippen LogP contribution < -0.4 is 21.3 Å². The number of nitrogens with zero attached hydrogens (tertiary/aromatic N) is 3. The molecule has 0 saturated carbocycles. The van der Waals surface area contributed by atoms with Crippen LogP contribution in [0, 0.1) is 6.92 Å². The third-order valence-corrected chi connectivity index (χ3v) is 4.78. The van der Waals surface area contributed by atoms with Gasteiger partial charge in [-0.1, -0.05) is 12.1 Å². The summed E-state index contributed by atoms with van der Waals surface area (Å²) >= 11 is 0. The second-order valence-corrected chi connectivity index (χ2v) is 6.79. The molecule has 0 fully saturated rings. The van der Waals surface area contributed by atoms with Crippen LogP contribution in [0.5, 0.6) is 0 Å². The molecule has 0 saturated heterocycles. The second kappa shape index (κ2) is 6.84. The molecule has 150 valence electrons. The Kier molecular flexibility index (Phi) is 4.45. The van der Waals surface area contributed by atoms with Gasteiger partial charge in [-0.3, -0.25) is 4.90 Å². The molecule has 1 aliphatic heterocycles. The summed E-state index contributed by atoms with van der Waals surface area (Å²) in [4.78, 5) is 10.9. The molecule has 1 aliphatic rings. The summed E-state index contributed by atoms with van der Waals surface area (Å²) in [5.41, 5.74) is 8.35. The van der Waals surface area contributed by atoms with Gasteiger partial charge in [0.1, 0.15) is 17.8 Å². The molecule has 0 bridgehead atoms. The summed E-state index contributed by atoms with van der Waals surface area (Å²) < 4.78 is 38.3. The molecule has 6 nitrogen and oxygen atoms in total. The van der Waals surface area contributed by atoms with Crippen LogP contribution in [-0.2, 0) is 6.18 Å². The highest BCUT2D eigenvalue weighted by atomic mass is 19.4. The van der Waals surface area contributed by atoms with E-state index in [1.807, 2.05) is 36.1 Å². The summed E-state index contributed by atoms with van der Waals surface area (Å²) in [5.74, 6) is 1.12. The molecule has 0 amide bonds. The lowest BCUT2D eigenvalue weighted by Crippen LogP contribution is -2.30. The number of benzene rings is 2. The molecule has 0 radical (unpaired) electrons. The fourth-order valence-corrected chi connectivity index (χ4v) is 3.22. The zero-order valence-electron chi connectivity index (χ0n) is 15.7. The van der Waals surface area contributed by atoms with Crippen molar-refractivity contribution in [2.75, 3.05) is 21.3 Å². The van der Waals surface area contributed by atoms with Gasteiger partial charge in [0.05, 0.1) is 16.9 Å². The molecular weight excluding hydrogens is 381 g/mol. The predicted molar refractivity (Wildman–Crippen MR) is 108 cm³/mol. The minimum Gasteiger partial charge on any atom is -0.383 e. The predicted octanol–water partition coefficient (Wildman–Crippen LogP) is 5.04. The molecule has 4 N–H and O–H groups in total.